The number of rotatable bonds is 6. The summed E-state index contributed by atoms with van der Waals surface area (Å²) in [6.45, 7) is 1.77. The summed E-state index contributed by atoms with van der Waals surface area (Å²) >= 11 is 0. The Labute approximate surface area is 168 Å². The van der Waals surface area contributed by atoms with Crippen LogP contribution in [0.2, 0.25) is 0 Å². The summed E-state index contributed by atoms with van der Waals surface area (Å²) in [6.07, 6.45) is 1.61. The van der Waals surface area contributed by atoms with Crippen molar-refractivity contribution >= 4 is 27.1 Å². The summed E-state index contributed by atoms with van der Waals surface area (Å²) in [6, 6.07) is 11.8. The van der Waals surface area contributed by atoms with Crippen LogP contribution in [0.4, 0.5) is 10.4 Å². The maximum Gasteiger partial charge on any atom is 0.298 e. The van der Waals surface area contributed by atoms with Gasteiger partial charge >= 0.3 is 0 Å². The Kier molecular flexibility index (Phi) is 5.42. The number of oxazole rings is 1. The average Bonchev–Trinajstić information content (AvgIpc) is 3.17. The molecule has 0 aliphatic carbocycles. The Balaban J connectivity index is 1.34. The molecule has 2 heterocycles. The van der Waals surface area contributed by atoms with Crippen molar-refractivity contribution in [3.05, 3.63) is 48.3 Å². The van der Waals surface area contributed by atoms with Crippen molar-refractivity contribution in [1.82, 2.24) is 9.71 Å². The van der Waals surface area contributed by atoms with Crippen molar-refractivity contribution in [3.8, 4) is 5.75 Å². The molecule has 1 fully saturated rings. The Morgan fingerprint density at radius 3 is 2.69 bits per heavy atom. The zero-order valence-corrected chi connectivity index (χ0v) is 16.8. The highest BCUT2D eigenvalue weighted by molar-refractivity contribution is 7.89. The number of nitrogens with one attached hydrogen (secondary N) is 1. The first-order chi connectivity index (χ1) is 14.0. The number of para-hydroxylation sites is 2. The molecule has 1 aromatic heterocycles. The van der Waals surface area contributed by atoms with E-state index in [0.29, 0.717) is 12.6 Å². The van der Waals surface area contributed by atoms with Crippen molar-refractivity contribution in [2.45, 2.75) is 17.7 Å². The second-order valence-electron chi connectivity index (χ2n) is 7.04. The standard InChI is InChI=1S/C20H22FN3O4S/c1-27-18-7-6-15(12-16(18)21)29(25,26)22-13-14-8-10-24(11-9-14)20-23-17-4-2-3-5-19(17)28-20/h2-7,12,14,22H,8-11,13H2,1H3. The van der Waals surface area contributed by atoms with Crippen LogP contribution in [0.15, 0.2) is 51.8 Å². The van der Waals surface area contributed by atoms with Gasteiger partial charge in [0.2, 0.25) is 10.0 Å². The minimum absolute atomic E-state index is 0.00974. The number of fused-ring (bicyclic) bond motifs is 1. The third kappa shape index (κ3) is 4.20. The Bertz CT molecular complexity index is 1070. The van der Waals surface area contributed by atoms with Crippen molar-refractivity contribution in [3.63, 3.8) is 0 Å². The first-order valence-corrected chi connectivity index (χ1v) is 10.9. The third-order valence-corrected chi connectivity index (χ3v) is 6.58. The second-order valence-corrected chi connectivity index (χ2v) is 8.81. The number of hydrogen-bond acceptors (Lipinski definition) is 6. The molecule has 0 atom stereocenters. The van der Waals surface area contributed by atoms with E-state index in [1.54, 1.807) is 0 Å². The van der Waals surface area contributed by atoms with Gasteiger partial charge in [0.1, 0.15) is 5.52 Å². The van der Waals surface area contributed by atoms with E-state index in [1.165, 1.54) is 19.2 Å². The van der Waals surface area contributed by atoms with Gasteiger partial charge in [-0.05, 0) is 49.1 Å². The lowest BCUT2D eigenvalue weighted by molar-refractivity contribution is 0.384. The van der Waals surface area contributed by atoms with Crippen LogP contribution in [-0.2, 0) is 10.0 Å². The summed E-state index contributed by atoms with van der Waals surface area (Å²) in [7, 11) is -2.45. The van der Waals surface area contributed by atoms with Gasteiger partial charge in [0.15, 0.2) is 17.1 Å². The number of nitrogens with zero attached hydrogens (tertiary/aromatic N) is 2. The molecule has 0 radical (unpaired) electrons. The number of aromatic nitrogens is 1. The molecule has 29 heavy (non-hydrogen) atoms. The van der Waals surface area contributed by atoms with E-state index in [-0.39, 0.29) is 16.6 Å². The zero-order valence-electron chi connectivity index (χ0n) is 16.0. The SMILES string of the molecule is COc1ccc(S(=O)(=O)NCC2CCN(c3nc4ccccc4o3)CC2)cc1F. The van der Waals surface area contributed by atoms with E-state index < -0.39 is 15.8 Å². The van der Waals surface area contributed by atoms with E-state index in [4.69, 9.17) is 9.15 Å². The maximum absolute atomic E-state index is 13.8. The van der Waals surface area contributed by atoms with Gasteiger partial charge in [0.25, 0.3) is 6.01 Å². The zero-order chi connectivity index (χ0) is 20.4. The summed E-state index contributed by atoms with van der Waals surface area (Å²) in [5, 5.41) is 0. The van der Waals surface area contributed by atoms with Crippen LogP contribution in [0.25, 0.3) is 11.1 Å². The van der Waals surface area contributed by atoms with Gasteiger partial charge < -0.3 is 14.1 Å². The molecule has 1 aliphatic heterocycles. The predicted molar refractivity (Wildman–Crippen MR) is 107 cm³/mol. The highest BCUT2D eigenvalue weighted by atomic mass is 32.2. The molecular weight excluding hydrogens is 397 g/mol. The smallest absolute Gasteiger partial charge is 0.298 e. The predicted octanol–water partition coefficient (Wildman–Crippen LogP) is 3.17. The van der Waals surface area contributed by atoms with Crippen LogP contribution < -0.4 is 14.4 Å². The number of benzene rings is 2. The molecule has 1 aliphatic rings. The molecule has 9 heteroatoms. The van der Waals surface area contributed by atoms with Crippen molar-refractivity contribution in [1.29, 1.82) is 0 Å². The molecule has 0 amide bonds. The van der Waals surface area contributed by atoms with Crippen LogP contribution in [0, 0.1) is 11.7 Å². The topological polar surface area (TPSA) is 84.7 Å². The summed E-state index contributed by atoms with van der Waals surface area (Å²) in [4.78, 5) is 6.47. The van der Waals surface area contributed by atoms with Gasteiger partial charge in [0, 0.05) is 19.6 Å². The van der Waals surface area contributed by atoms with Crippen LogP contribution in [-0.4, -0.2) is 40.1 Å². The molecule has 4 rings (SSSR count). The van der Waals surface area contributed by atoms with Crippen LogP contribution >= 0.6 is 0 Å². The van der Waals surface area contributed by atoms with Gasteiger partial charge in [-0.25, -0.2) is 17.5 Å². The number of methoxy groups -OCH3 is 1. The highest BCUT2D eigenvalue weighted by Gasteiger charge is 2.25. The highest BCUT2D eigenvalue weighted by Crippen LogP contribution is 2.26. The molecule has 0 saturated carbocycles. The van der Waals surface area contributed by atoms with E-state index in [1.807, 2.05) is 24.3 Å². The Hall–Kier alpha value is -2.65. The number of ether oxygens (including phenoxy) is 1. The molecule has 3 aromatic rings. The van der Waals surface area contributed by atoms with Crippen molar-refractivity contribution < 1.29 is 22.0 Å². The molecule has 1 N–H and O–H groups in total. The van der Waals surface area contributed by atoms with Crippen LogP contribution in [0.3, 0.4) is 0 Å². The monoisotopic (exact) mass is 419 g/mol. The summed E-state index contributed by atoms with van der Waals surface area (Å²) in [5.74, 6) is -0.508. The quantitative estimate of drug-likeness (QED) is 0.661. The van der Waals surface area contributed by atoms with Gasteiger partial charge in [-0.15, -0.1) is 0 Å². The van der Waals surface area contributed by atoms with E-state index in [9.17, 15) is 12.8 Å². The molecule has 0 unspecified atom stereocenters. The average molecular weight is 419 g/mol. The first-order valence-electron chi connectivity index (χ1n) is 9.40. The Morgan fingerprint density at radius 1 is 1.24 bits per heavy atom. The fourth-order valence-corrected chi connectivity index (χ4v) is 4.58. The molecule has 154 valence electrons. The number of piperidine rings is 1. The van der Waals surface area contributed by atoms with Crippen LogP contribution in [0.5, 0.6) is 5.75 Å². The third-order valence-electron chi connectivity index (χ3n) is 5.16. The van der Waals surface area contributed by atoms with Gasteiger partial charge in [0.05, 0.1) is 12.0 Å². The van der Waals surface area contributed by atoms with Gasteiger partial charge in [-0.2, -0.15) is 4.98 Å². The fraction of sp³-hybridized carbons (Fsp3) is 0.350. The van der Waals surface area contributed by atoms with Gasteiger partial charge in [-0.1, -0.05) is 12.1 Å². The molecule has 0 spiro atoms. The molecule has 2 aromatic carbocycles. The molecule has 7 nitrogen and oxygen atoms in total. The lowest BCUT2D eigenvalue weighted by Gasteiger charge is -2.30. The molecule has 0 bridgehead atoms. The number of sulfonamides is 1. The lowest BCUT2D eigenvalue weighted by Crippen LogP contribution is -2.38. The van der Waals surface area contributed by atoms with Crippen molar-refractivity contribution in [2.75, 3.05) is 31.6 Å². The number of hydrogen-bond donors (Lipinski definition) is 1. The maximum atomic E-state index is 13.8. The normalized spacial score (nSPS) is 15.7. The summed E-state index contributed by atoms with van der Waals surface area (Å²) in [5.41, 5.74) is 1.58. The summed E-state index contributed by atoms with van der Waals surface area (Å²) < 4.78 is 52.0. The van der Waals surface area contributed by atoms with Gasteiger partial charge in [-0.3, -0.25) is 0 Å². The number of anilines is 1. The van der Waals surface area contributed by atoms with Crippen LogP contribution in [0.1, 0.15) is 12.8 Å². The number of halogens is 1. The van der Waals surface area contributed by atoms with E-state index >= 15 is 0 Å². The largest absolute Gasteiger partial charge is 0.494 e. The van der Waals surface area contributed by atoms with E-state index in [2.05, 4.69) is 14.6 Å². The molecular formula is C20H22FN3O4S. The van der Waals surface area contributed by atoms with Crippen molar-refractivity contribution in [2.24, 2.45) is 5.92 Å². The minimum atomic E-state index is -3.78. The fourth-order valence-electron chi connectivity index (χ4n) is 3.45. The van der Waals surface area contributed by atoms with E-state index in [0.717, 1.165) is 43.1 Å². The first kappa shape index (κ1) is 19.7. The molecule has 1 saturated heterocycles. The minimum Gasteiger partial charge on any atom is -0.494 e. The lowest BCUT2D eigenvalue weighted by atomic mass is 9.97. The Morgan fingerprint density at radius 2 is 2.00 bits per heavy atom. The second kappa shape index (κ2) is 8.00.